The van der Waals surface area contributed by atoms with Crippen molar-refractivity contribution in [1.29, 1.82) is 0 Å². The van der Waals surface area contributed by atoms with Gasteiger partial charge in [-0.05, 0) is 39.2 Å². The van der Waals surface area contributed by atoms with Crippen LogP contribution in [0.2, 0.25) is 0 Å². The van der Waals surface area contributed by atoms with E-state index in [1.807, 2.05) is 6.92 Å². The summed E-state index contributed by atoms with van der Waals surface area (Å²) in [6.07, 6.45) is 6.57. The molecule has 1 fully saturated rings. The van der Waals surface area contributed by atoms with Crippen molar-refractivity contribution < 1.29 is 4.74 Å². The molecule has 1 aromatic heterocycles. The fourth-order valence-electron chi connectivity index (χ4n) is 3.34. The molecule has 2 unspecified atom stereocenters. The SMILES string of the molecule is CCN(c1ncnc(OC)c1C)C1CCCCC1CN. The van der Waals surface area contributed by atoms with E-state index in [0.717, 1.165) is 24.5 Å². The monoisotopic (exact) mass is 278 g/mol. The Morgan fingerprint density at radius 3 is 2.75 bits per heavy atom. The summed E-state index contributed by atoms with van der Waals surface area (Å²) in [5, 5.41) is 0. The number of nitrogens with two attached hydrogens (primary N) is 1. The van der Waals surface area contributed by atoms with Crippen LogP contribution in [0.1, 0.15) is 38.2 Å². The predicted molar refractivity (Wildman–Crippen MR) is 81.1 cm³/mol. The first-order valence-corrected chi connectivity index (χ1v) is 7.55. The molecule has 0 aromatic carbocycles. The number of hydrogen-bond donors (Lipinski definition) is 1. The third kappa shape index (κ3) is 2.87. The minimum Gasteiger partial charge on any atom is -0.481 e. The Kier molecular flexibility index (Phi) is 5.17. The van der Waals surface area contributed by atoms with Crippen LogP contribution in [0, 0.1) is 12.8 Å². The lowest BCUT2D eigenvalue weighted by Gasteiger charge is -2.40. The summed E-state index contributed by atoms with van der Waals surface area (Å²) in [7, 11) is 1.65. The first-order valence-electron chi connectivity index (χ1n) is 7.55. The summed E-state index contributed by atoms with van der Waals surface area (Å²) in [5.41, 5.74) is 6.99. The van der Waals surface area contributed by atoms with E-state index in [0.29, 0.717) is 17.8 Å². The Bertz CT molecular complexity index is 438. The Labute approximate surface area is 121 Å². The molecule has 0 amide bonds. The number of hydrogen-bond acceptors (Lipinski definition) is 5. The van der Waals surface area contributed by atoms with Crippen molar-refractivity contribution in [2.75, 3.05) is 25.1 Å². The van der Waals surface area contributed by atoms with E-state index in [1.165, 1.54) is 25.7 Å². The van der Waals surface area contributed by atoms with Gasteiger partial charge < -0.3 is 15.4 Å². The average Bonchev–Trinajstić information content (AvgIpc) is 2.50. The van der Waals surface area contributed by atoms with Crippen molar-refractivity contribution in [2.24, 2.45) is 11.7 Å². The minimum absolute atomic E-state index is 0.483. The standard InChI is InChI=1S/C15H26N4O/c1-4-19(13-8-6-5-7-12(13)9-16)14-11(2)15(20-3)18-10-17-14/h10,12-13H,4-9,16H2,1-3H3. The van der Waals surface area contributed by atoms with Gasteiger partial charge >= 0.3 is 0 Å². The summed E-state index contributed by atoms with van der Waals surface area (Å²) in [6, 6.07) is 0.483. The fourth-order valence-corrected chi connectivity index (χ4v) is 3.34. The normalized spacial score (nSPS) is 22.6. The zero-order valence-electron chi connectivity index (χ0n) is 12.8. The van der Waals surface area contributed by atoms with Gasteiger partial charge in [0, 0.05) is 12.6 Å². The smallest absolute Gasteiger partial charge is 0.221 e. The van der Waals surface area contributed by atoms with Crippen LogP contribution in [0.25, 0.3) is 0 Å². The average molecular weight is 278 g/mol. The molecule has 2 atom stereocenters. The highest BCUT2D eigenvalue weighted by Crippen LogP contribution is 2.33. The van der Waals surface area contributed by atoms with Gasteiger partial charge in [-0.15, -0.1) is 0 Å². The summed E-state index contributed by atoms with van der Waals surface area (Å²) in [5.74, 6) is 2.21. The van der Waals surface area contributed by atoms with E-state index in [-0.39, 0.29) is 0 Å². The van der Waals surface area contributed by atoms with E-state index < -0.39 is 0 Å². The number of aromatic nitrogens is 2. The molecular formula is C15H26N4O. The van der Waals surface area contributed by atoms with E-state index in [9.17, 15) is 0 Å². The van der Waals surface area contributed by atoms with Crippen LogP contribution in [0.4, 0.5) is 5.82 Å². The first-order chi connectivity index (χ1) is 9.72. The van der Waals surface area contributed by atoms with Crippen molar-refractivity contribution in [2.45, 2.75) is 45.6 Å². The molecule has 2 N–H and O–H groups in total. The molecule has 20 heavy (non-hydrogen) atoms. The van der Waals surface area contributed by atoms with Crippen molar-refractivity contribution in [3.63, 3.8) is 0 Å². The van der Waals surface area contributed by atoms with E-state index in [1.54, 1.807) is 13.4 Å². The molecular weight excluding hydrogens is 252 g/mol. The second-order valence-electron chi connectivity index (χ2n) is 5.47. The van der Waals surface area contributed by atoms with Gasteiger partial charge in [0.05, 0.1) is 12.7 Å². The molecule has 5 heteroatoms. The zero-order valence-corrected chi connectivity index (χ0v) is 12.8. The molecule has 1 aliphatic rings. The molecule has 0 radical (unpaired) electrons. The Hall–Kier alpha value is -1.36. The van der Waals surface area contributed by atoms with E-state index >= 15 is 0 Å². The van der Waals surface area contributed by atoms with E-state index in [4.69, 9.17) is 10.5 Å². The molecule has 0 spiro atoms. The van der Waals surface area contributed by atoms with Crippen LogP contribution < -0.4 is 15.4 Å². The lowest BCUT2D eigenvalue weighted by molar-refractivity contribution is 0.299. The Morgan fingerprint density at radius 2 is 2.10 bits per heavy atom. The quantitative estimate of drug-likeness (QED) is 0.894. The predicted octanol–water partition coefficient (Wildman–Crippen LogP) is 2.14. The molecule has 1 aromatic rings. The van der Waals surface area contributed by atoms with Crippen molar-refractivity contribution in [3.05, 3.63) is 11.9 Å². The maximum atomic E-state index is 5.97. The Morgan fingerprint density at radius 1 is 1.35 bits per heavy atom. The molecule has 1 saturated carbocycles. The largest absolute Gasteiger partial charge is 0.481 e. The lowest BCUT2D eigenvalue weighted by Crippen LogP contribution is -2.46. The summed E-state index contributed by atoms with van der Waals surface area (Å²) >= 11 is 0. The van der Waals surface area contributed by atoms with Crippen LogP contribution >= 0.6 is 0 Å². The van der Waals surface area contributed by atoms with Crippen molar-refractivity contribution in [3.8, 4) is 5.88 Å². The third-order valence-corrected chi connectivity index (χ3v) is 4.39. The highest BCUT2D eigenvalue weighted by Gasteiger charge is 2.30. The molecule has 1 aliphatic carbocycles. The van der Waals surface area contributed by atoms with Gasteiger partial charge in [0.25, 0.3) is 0 Å². The third-order valence-electron chi connectivity index (χ3n) is 4.39. The summed E-state index contributed by atoms with van der Waals surface area (Å²) < 4.78 is 5.32. The van der Waals surface area contributed by atoms with Crippen LogP contribution in [-0.4, -0.2) is 36.2 Å². The zero-order chi connectivity index (χ0) is 14.5. The molecule has 2 rings (SSSR count). The van der Waals surface area contributed by atoms with Crippen molar-refractivity contribution >= 4 is 5.82 Å². The minimum atomic E-state index is 0.483. The molecule has 5 nitrogen and oxygen atoms in total. The van der Waals surface area contributed by atoms with Crippen LogP contribution in [-0.2, 0) is 0 Å². The first kappa shape index (κ1) is 15.0. The lowest BCUT2D eigenvalue weighted by atomic mass is 9.83. The highest BCUT2D eigenvalue weighted by atomic mass is 16.5. The molecule has 0 bridgehead atoms. The number of anilines is 1. The summed E-state index contributed by atoms with van der Waals surface area (Å²) in [4.78, 5) is 11.1. The molecule has 112 valence electrons. The summed E-state index contributed by atoms with van der Waals surface area (Å²) in [6.45, 7) is 5.89. The van der Waals surface area contributed by atoms with Gasteiger partial charge in [-0.25, -0.2) is 9.97 Å². The fraction of sp³-hybridized carbons (Fsp3) is 0.733. The number of ether oxygens (including phenoxy) is 1. The maximum Gasteiger partial charge on any atom is 0.221 e. The number of rotatable bonds is 5. The molecule has 0 aliphatic heterocycles. The van der Waals surface area contributed by atoms with Gasteiger partial charge in [0.2, 0.25) is 5.88 Å². The molecule has 1 heterocycles. The maximum absolute atomic E-state index is 5.97. The van der Waals surface area contributed by atoms with Crippen LogP contribution in [0.3, 0.4) is 0 Å². The molecule has 0 saturated heterocycles. The van der Waals surface area contributed by atoms with Gasteiger partial charge in [-0.2, -0.15) is 0 Å². The van der Waals surface area contributed by atoms with Crippen LogP contribution in [0.5, 0.6) is 5.88 Å². The second-order valence-corrected chi connectivity index (χ2v) is 5.47. The van der Waals surface area contributed by atoms with E-state index in [2.05, 4.69) is 21.8 Å². The second kappa shape index (κ2) is 6.88. The van der Waals surface area contributed by atoms with Gasteiger partial charge in [0.1, 0.15) is 12.1 Å². The Balaban J connectivity index is 2.31. The topological polar surface area (TPSA) is 64.3 Å². The van der Waals surface area contributed by atoms with Gasteiger partial charge in [-0.3, -0.25) is 0 Å². The van der Waals surface area contributed by atoms with Gasteiger partial charge in [-0.1, -0.05) is 12.8 Å². The number of nitrogens with zero attached hydrogens (tertiary/aromatic N) is 3. The van der Waals surface area contributed by atoms with Crippen LogP contribution in [0.15, 0.2) is 6.33 Å². The number of methoxy groups -OCH3 is 1. The van der Waals surface area contributed by atoms with Crippen molar-refractivity contribution in [1.82, 2.24) is 9.97 Å². The van der Waals surface area contributed by atoms with Gasteiger partial charge in [0.15, 0.2) is 0 Å². The highest BCUT2D eigenvalue weighted by molar-refractivity contribution is 5.51.